The van der Waals surface area contributed by atoms with Gasteiger partial charge < -0.3 is 24.5 Å². The summed E-state index contributed by atoms with van der Waals surface area (Å²) in [7, 11) is -2.59. The van der Waals surface area contributed by atoms with Crippen molar-refractivity contribution in [2.45, 2.75) is 13.6 Å². The Bertz CT molecular complexity index is 1360. The first-order valence-electron chi connectivity index (χ1n) is 10.0. The summed E-state index contributed by atoms with van der Waals surface area (Å²) in [6, 6.07) is 9.01. The minimum atomic E-state index is -3.99. The third-order valence-electron chi connectivity index (χ3n) is 5.79. The molecule has 1 saturated heterocycles. The number of hydrogen-bond acceptors (Lipinski definition) is 5. The van der Waals surface area contributed by atoms with Gasteiger partial charge in [0.1, 0.15) is 13.1 Å². The van der Waals surface area contributed by atoms with Gasteiger partial charge in [-0.15, -0.1) is 0 Å². The van der Waals surface area contributed by atoms with Gasteiger partial charge in [-0.05, 0) is 24.3 Å². The zero-order valence-electron chi connectivity index (χ0n) is 17.7. The number of quaternary nitrogens is 1. The number of piperazine rings is 1. The van der Waals surface area contributed by atoms with Crippen LogP contribution in [0.4, 0.5) is 5.69 Å². The van der Waals surface area contributed by atoms with Crippen LogP contribution in [-0.2, 0) is 14.6 Å². The van der Waals surface area contributed by atoms with Crippen LogP contribution in [0.2, 0.25) is 5.02 Å². The molecule has 182 valence electrons. The normalized spacial score (nSPS) is 16.6. The number of nitrogens with zero attached hydrogens (tertiary/aromatic N) is 2. The second-order valence-corrected chi connectivity index (χ2v) is 12.4. The van der Waals surface area contributed by atoms with E-state index >= 15 is 0 Å². The van der Waals surface area contributed by atoms with Gasteiger partial charge in [-0.2, -0.15) is 0 Å². The fourth-order valence-electron chi connectivity index (χ4n) is 3.99. The monoisotopic (exact) mass is 565 g/mol. The van der Waals surface area contributed by atoms with Crippen molar-refractivity contribution in [3.63, 3.8) is 0 Å². The molecule has 4 rings (SSSR count). The third-order valence-corrected chi connectivity index (χ3v) is 8.30. The van der Waals surface area contributed by atoms with E-state index in [1.807, 2.05) is 0 Å². The molecule has 0 aliphatic carbocycles. The number of nitrogens with one attached hydrogen (secondary N) is 1. The largest absolute Gasteiger partial charge is 0.627 e. The van der Waals surface area contributed by atoms with Gasteiger partial charge in [-0.25, -0.2) is 8.42 Å². The molecule has 1 fully saturated rings. The summed E-state index contributed by atoms with van der Waals surface area (Å²) in [5.41, 5.74) is 0.703. The molecular formula is C21H19Cl4N3O5S. The molecule has 1 amide bonds. The summed E-state index contributed by atoms with van der Waals surface area (Å²) in [6.07, 6.45) is 1.39. The average Bonchev–Trinajstić information content (AvgIpc) is 3.22. The molecule has 0 bridgehead atoms. The van der Waals surface area contributed by atoms with Crippen molar-refractivity contribution in [1.82, 2.24) is 14.5 Å². The number of fused-ring (bicyclic) bond motifs is 1. The van der Waals surface area contributed by atoms with Gasteiger partial charge in [0.05, 0.1) is 30.0 Å². The van der Waals surface area contributed by atoms with Gasteiger partial charge in [0.25, 0.3) is 9.70 Å². The lowest BCUT2D eigenvalue weighted by atomic mass is 10.2. The maximum absolute atomic E-state index is 13.7. The molecule has 2 aromatic carbocycles. The van der Waals surface area contributed by atoms with Crippen LogP contribution in [0.3, 0.4) is 0 Å². The minimum absolute atomic E-state index is 0.0274. The number of carbonyl (C=O) groups excluding carboxylic acids is 1. The standard InChI is InChI=1S/C21H19Cl4N3O5S/c1-33-18-5-3-14(34(31,32)19-12-26-16-10-13(22)2-4-15(16)19)11-17(18)28(30)8-6-27(7-9-28)20(29)21(23,24)25/h2-5,10-12,26H,6-9H2,1H3. The molecule has 0 unspecified atom stereocenters. The molecule has 1 aliphatic heterocycles. The van der Waals surface area contributed by atoms with Gasteiger partial charge in [0.2, 0.25) is 9.84 Å². The average molecular weight is 567 g/mol. The number of halogens is 4. The summed E-state index contributed by atoms with van der Waals surface area (Å²) < 4.78 is 29.3. The number of carbonyl (C=O) groups is 1. The van der Waals surface area contributed by atoms with Crippen molar-refractivity contribution in [3.05, 3.63) is 52.8 Å². The number of sulfone groups is 1. The Morgan fingerprint density at radius 2 is 1.82 bits per heavy atom. The van der Waals surface area contributed by atoms with Gasteiger partial charge in [0, 0.05) is 28.2 Å². The fourth-order valence-corrected chi connectivity index (χ4v) is 5.97. The maximum atomic E-state index is 13.7. The number of amides is 1. The quantitative estimate of drug-likeness (QED) is 0.280. The van der Waals surface area contributed by atoms with E-state index in [2.05, 4.69) is 4.98 Å². The lowest BCUT2D eigenvalue weighted by molar-refractivity contribution is -0.131. The van der Waals surface area contributed by atoms with Crippen LogP contribution in [0.15, 0.2) is 52.4 Å². The number of benzene rings is 2. The van der Waals surface area contributed by atoms with Gasteiger partial charge in [0.15, 0.2) is 11.4 Å². The predicted octanol–water partition coefficient (Wildman–Crippen LogP) is 4.68. The Kier molecular flexibility index (Phi) is 6.76. The second-order valence-electron chi connectivity index (χ2n) is 7.81. The van der Waals surface area contributed by atoms with Gasteiger partial charge in [-0.3, -0.25) is 4.79 Å². The molecule has 0 atom stereocenters. The van der Waals surface area contributed by atoms with Crippen LogP contribution >= 0.6 is 46.4 Å². The van der Waals surface area contributed by atoms with Crippen LogP contribution in [0.1, 0.15) is 0 Å². The van der Waals surface area contributed by atoms with Gasteiger partial charge >= 0.3 is 0 Å². The molecule has 8 nitrogen and oxygen atoms in total. The molecule has 13 heteroatoms. The lowest BCUT2D eigenvalue weighted by Gasteiger charge is -2.48. The van der Waals surface area contributed by atoms with E-state index in [1.165, 1.54) is 36.4 Å². The number of alkyl halides is 3. The number of aromatic nitrogens is 1. The second kappa shape index (κ2) is 9.05. The first kappa shape index (κ1) is 25.4. The number of methoxy groups -OCH3 is 1. The number of H-pyrrole nitrogens is 1. The highest BCUT2D eigenvalue weighted by molar-refractivity contribution is 7.91. The Labute approximate surface area is 216 Å². The molecule has 0 radical (unpaired) electrons. The van der Waals surface area contributed by atoms with Crippen LogP contribution in [0.5, 0.6) is 5.75 Å². The lowest BCUT2D eigenvalue weighted by Crippen LogP contribution is -2.59. The Balaban J connectivity index is 1.70. The van der Waals surface area contributed by atoms with Crippen molar-refractivity contribution < 1.29 is 17.9 Å². The minimum Gasteiger partial charge on any atom is -0.627 e. The van der Waals surface area contributed by atoms with Crippen LogP contribution in [0.25, 0.3) is 10.9 Å². The highest BCUT2D eigenvalue weighted by atomic mass is 35.6. The van der Waals surface area contributed by atoms with Crippen molar-refractivity contribution >= 4 is 78.7 Å². The molecule has 0 saturated carbocycles. The van der Waals surface area contributed by atoms with Crippen molar-refractivity contribution in [3.8, 4) is 5.75 Å². The summed E-state index contributed by atoms with van der Waals surface area (Å²) in [4.78, 5) is 16.5. The van der Waals surface area contributed by atoms with E-state index in [4.69, 9.17) is 51.1 Å². The molecule has 1 aliphatic rings. The third kappa shape index (κ3) is 4.58. The summed E-state index contributed by atoms with van der Waals surface area (Å²) >= 11 is 23.1. The number of rotatable bonds is 4. The number of hydrogen-bond donors (Lipinski definition) is 1. The SMILES string of the molecule is COc1ccc(S(=O)(=O)c2c[nH]c3cc(Cl)ccc23)cc1[N+]1([O-])CCN(C(=O)C(Cl)(Cl)Cl)CC1. The first-order chi connectivity index (χ1) is 15.9. The number of ether oxygens (including phenoxy) is 1. The smallest absolute Gasteiger partial charge is 0.275 e. The number of aromatic amines is 1. The fraction of sp³-hybridized carbons (Fsp3) is 0.286. The van der Waals surface area contributed by atoms with E-state index in [1.54, 1.807) is 18.2 Å². The highest BCUT2D eigenvalue weighted by Gasteiger charge is 2.40. The molecular weight excluding hydrogens is 548 g/mol. The zero-order chi connectivity index (χ0) is 24.9. The topological polar surface area (TPSA) is 103 Å². The molecule has 0 spiro atoms. The molecule has 3 aromatic rings. The van der Waals surface area contributed by atoms with Crippen LogP contribution in [-0.4, -0.2) is 61.3 Å². The highest BCUT2D eigenvalue weighted by Crippen LogP contribution is 2.39. The van der Waals surface area contributed by atoms with E-state index in [-0.39, 0.29) is 47.4 Å². The summed E-state index contributed by atoms with van der Waals surface area (Å²) in [6.45, 7) is -0.0883. The summed E-state index contributed by atoms with van der Waals surface area (Å²) in [5.74, 6) is -0.479. The van der Waals surface area contributed by atoms with Gasteiger partial charge in [-0.1, -0.05) is 52.5 Å². The number of hydroxylamine groups is 2. The van der Waals surface area contributed by atoms with Crippen molar-refractivity contribution in [1.29, 1.82) is 0 Å². The Morgan fingerprint density at radius 1 is 1.15 bits per heavy atom. The molecule has 34 heavy (non-hydrogen) atoms. The Morgan fingerprint density at radius 3 is 2.44 bits per heavy atom. The van der Waals surface area contributed by atoms with E-state index < -0.39 is 24.2 Å². The van der Waals surface area contributed by atoms with E-state index in [0.29, 0.717) is 15.9 Å². The van der Waals surface area contributed by atoms with Crippen LogP contribution < -0.4 is 9.38 Å². The maximum Gasteiger partial charge on any atom is 0.275 e. The van der Waals surface area contributed by atoms with Crippen LogP contribution in [0, 0.1) is 5.21 Å². The zero-order valence-corrected chi connectivity index (χ0v) is 21.6. The first-order valence-corrected chi connectivity index (χ1v) is 13.0. The Hall–Kier alpha value is -1.72. The molecule has 1 aromatic heterocycles. The van der Waals surface area contributed by atoms with Crippen molar-refractivity contribution in [2.75, 3.05) is 33.3 Å². The summed E-state index contributed by atoms with van der Waals surface area (Å²) in [5, 5.41) is 14.7. The van der Waals surface area contributed by atoms with Crippen molar-refractivity contribution in [2.24, 2.45) is 0 Å². The van der Waals surface area contributed by atoms with E-state index in [9.17, 15) is 18.4 Å². The predicted molar refractivity (Wildman–Crippen MR) is 134 cm³/mol. The molecule has 2 heterocycles. The van der Waals surface area contributed by atoms with E-state index in [0.717, 1.165) is 0 Å². The molecule has 1 N–H and O–H groups in total.